The van der Waals surface area contributed by atoms with E-state index >= 15 is 0 Å². The maximum absolute atomic E-state index is 12.1. The molecular formula is C26H27N7O. The van der Waals surface area contributed by atoms with Crippen molar-refractivity contribution in [1.29, 1.82) is 0 Å². The Balaban J connectivity index is 2.04. The molecular weight excluding hydrogens is 426 g/mol. The van der Waals surface area contributed by atoms with Crippen LogP contribution in [0, 0.1) is 13.8 Å². The smallest absolute Gasteiger partial charge is 0.247 e. The first-order valence-electron chi connectivity index (χ1n) is 10.8. The van der Waals surface area contributed by atoms with E-state index in [1.54, 1.807) is 24.1 Å². The number of nitrogens with one attached hydrogen (secondary N) is 2. The van der Waals surface area contributed by atoms with Crippen molar-refractivity contribution in [2.45, 2.75) is 13.8 Å². The molecule has 0 aliphatic rings. The number of carbonyl (C=O) groups excluding carboxylic acids is 1. The highest BCUT2D eigenvalue weighted by atomic mass is 16.1. The summed E-state index contributed by atoms with van der Waals surface area (Å²) in [5.41, 5.74) is 14.6. The van der Waals surface area contributed by atoms with Crippen LogP contribution in [0.5, 0.6) is 0 Å². The van der Waals surface area contributed by atoms with E-state index in [0.717, 1.165) is 61.4 Å². The maximum atomic E-state index is 12.1. The standard InChI is InChI=1S/C26H27N7O/c1-6-22(34)31-24-15(2)7-8-20(16(24)3)23-21-9-17(18(10-27)11-28-4)12-29-26(21)32-25(23)19-13-30-33(5)14-19/h6-14H,1,27H2,2-5H3,(H,29,32)(H,31,34)/b18-10+,28-11?. The number of hydrogen-bond donors (Lipinski definition) is 3. The molecule has 0 radical (unpaired) electrons. The van der Waals surface area contributed by atoms with E-state index in [1.807, 2.05) is 39.4 Å². The van der Waals surface area contributed by atoms with Gasteiger partial charge in [0.15, 0.2) is 0 Å². The number of allylic oxidation sites excluding steroid dienone is 1. The minimum absolute atomic E-state index is 0.254. The van der Waals surface area contributed by atoms with Crippen LogP contribution < -0.4 is 11.1 Å². The molecule has 1 amide bonds. The van der Waals surface area contributed by atoms with Gasteiger partial charge in [-0.15, -0.1) is 0 Å². The van der Waals surface area contributed by atoms with Crippen molar-refractivity contribution in [2.75, 3.05) is 12.4 Å². The van der Waals surface area contributed by atoms with Crippen molar-refractivity contribution in [3.05, 3.63) is 72.3 Å². The van der Waals surface area contributed by atoms with Crippen LogP contribution in [0.2, 0.25) is 0 Å². The number of benzene rings is 1. The SMILES string of the molecule is C=CC(=O)Nc1c(C)ccc(-c2c(-c3cnn(C)c3)[nH]c3ncc(/C(C=NC)=C/N)cc23)c1C. The monoisotopic (exact) mass is 453 g/mol. The summed E-state index contributed by atoms with van der Waals surface area (Å²) in [6.07, 6.45) is 10.0. The number of aromatic nitrogens is 4. The van der Waals surface area contributed by atoms with E-state index in [-0.39, 0.29) is 5.91 Å². The van der Waals surface area contributed by atoms with E-state index in [4.69, 9.17) is 5.73 Å². The molecule has 0 fully saturated rings. The Hall–Kier alpha value is -4.46. The number of pyridine rings is 1. The number of nitrogens with zero attached hydrogens (tertiary/aromatic N) is 4. The molecule has 4 rings (SSSR count). The molecule has 4 aromatic rings. The zero-order chi connectivity index (χ0) is 24.4. The lowest BCUT2D eigenvalue weighted by Gasteiger charge is -2.16. The van der Waals surface area contributed by atoms with E-state index in [9.17, 15) is 4.79 Å². The number of amides is 1. The minimum atomic E-state index is -0.254. The first kappa shape index (κ1) is 22.7. The molecule has 0 aliphatic heterocycles. The van der Waals surface area contributed by atoms with Crippen LogP contribution in [0.25, 0.3) is 39.0 Å². The number of fused-ring (bicyclic) bond motifs is 1. The summed E-state index contributed by atoms with van der Waals surface area (Å²) >= 11 is 0. The van der Waals surface area contributed by atoms with Crippen LogP contribution in [0.4, 0.5) is 5.69 Å². The van der Waals surface area contributed by atoms with Gasteiger partial charge in [-0.05, 0) is 42.7 Å². The molecule has 0 unspecified atom stereocenters. The van der Waals surface area contributed by atoms with E-state index in [0.29, 0.717) is 0 Å². The van der Waals surface area contributed by atoms with Gasteiger partial charge in [0, 0.05) is 72.2 Å². The summed E-state index contributed by atoms with van der Waals surface area (Å²) < 4.78 is 1.76. The van der Waals surface area contributed by atoms with Gasteiger partial charge >= 0.3 is 0 Å². The normalized spacial score (nSPS) is 11.9. The first-order valence-corrected chi connectivity index (χ1v) is 10.8. The van der Waals surface area contributed by atoms with Crippen molar-refractivity contribution >= 4 is 34.4 Å². The Morgan fingerprint density at radius 1 is 1.29 bits per heavy atom. The molecule has 0 saturated carbocycles. The Bertz CT molecular complexity index is 1470. The fourth-order valence-electron chi connectivity index (χ4n) is 4.11. The molecule has 0 saturated heterocycles. The van der Waals surface area contributed by atoms with Crippen LogP contribution in [-0.4, -0.2) is 38.9 Å². The molecule has 8 nitrogen and oxygen atoms in total. The quantitative estimate of drug-likeness (QED) is 0.297. The van der Waals surface area contributed by atoms with Crippen molar-refractivity contribution in [1.82, 2.24) is 19.7 Å². The van der Waals surface area contributed by atoms with Gasteiger partial charge in [-0.2, -0.15) is 5.10 Å². The van der Waals surface area contributed by atoms with E-state index < -0.39 is 0 Å². The number of hydrogen-bond acceptors (Lipinski definition) is 5. The van der Waals surface area contributed by atoms with Crippen LogP contribution in [-0.2, 0) is 11.8 Å². The molecule has 0 bridgehead atoms. The summed E-state index contributed by atoms with van der Waals surface area (Å²) in [6, 6.07) is 6.12. The average molecular weight is 454 g/mol. The van der Waals surface area contributed by atoms with Gasteiger partial charge in [-0.3, -0.25) is 14.5 Å². The number of nitrogens with two attached hydrogens (primary N) is 1. The average Bonchev–Trinajstić information content (AvgIpc) is 3.43. The predicted molar refractivity (Wildman–Crippen MR) is 139 cm³/mol. The highest BCUT2D eigenvalue weighted by molar-refractivity contribution is 6.12. The lowest BCUT2D eigenvalue weighted by molar-refractivity contribution is -0.111. The number of anilines is 1. The summed E-state index contributed by atoms with van der Waals surface area (Å²) in [4.78, 5) is 24.4. The molecule has 4 N–H and O–H groups in total. The van der Waals surface area contributed by atoms with Crippen molar-refractivity contribution in [3.63, 3.8) is 0 Å². The Morgan fingerprint density at radius 3 is 2.74 bits per heavy atom. The van der Waals surface area contributed by atoms with Gasteiger partial charge in [0.2, 0.25) is 5.91 Å². The largest absolute Gasteiger partial charge is 0.404 e. The second-order valence-electron chi connectivity index (χ2n) is 8.03. The number of H-pyrrole nitrogens is 1. The molecule has 3 aromatic heterocycles. The Labute approximate surface area is 197 Å². The number of rotatable bonds is 6. The summed E-state index contributed by atoms with van der Waals surface area (Å²) in [5, 5.41) is 8.23. The summed E-state index contributed by atoms with van der Waals surface area (Å²) in [5.74, 6) is -0.254. The summed E-state index contributed by atoms with van der Waals surface area (Å²) in [6.45, 7) is 7.54. The Kier molecular flexibility index (Phi) is 6.14. The van der Waals surface area contributed by atoms with Crippen LogP contribution in [0.1, 0.15) is 16.7 Å². The highest BCUT2D eigenvalue weighted by Crippen LogP contribution is 2.42. The second-order valence-corrected chi connectivity index (χ2v) is 8.03. The number of aromatic amines is 1. The zero-order valence-electron chi connectivity index (χ0n) is 19.7. The molecule has 34 heavy (non-hydrogen) atoms. The van der Waals surface area contributed by atoms with Crippen LogP contribution in [0.15, 0.2) is 60.6 Å². The van der Waals surface area contributed by atoms with Gasteiger partial charge in [0.05, 0.1) is 11.9 Å². The topological polar surface area (TPSA) is 114 Å². The molecule has 172 valence electrons. The van der Waals surface area contributed by atoms with Gasteiger partial charge in [-0.1, -0.05) is 18.7 Å². The van der Waals surface area contributed by atoms with Crippen LogP contribution in [0.3, 0.4) is 0 Å². The van der Waals surface area contributed by atoms with E-state index in [1.165, 1.54) is 12.3 Å². The van der Waals surface area contributed by atoms with Gasteiger partial charge in [0.25, 0.3) is 0 Å². The number of carbonyl (C=O) groups is 1. The third-order valence-electron chi connectivity index (χ3n) is 5.80. The predicted octanol–water partition coefficient (Wildman–Crippen LogP) is 4.37. The van der Waals surface area contributed by atoms with E-state index in [2.05, 4.69) is 44.1 Å². The molecule has 8 heteroatoms. The van der Waals surface area contributed by atoms with Crippen molar-refractivity contribution < 1.29 is 4.79 Å². The third kappa shape index (κ3) is 4.01. The lowest BCUT2D eigenvalue weighted by atomic mass is 9.93. The molecule has 0 aliphatic carbocycles. The van der Waals surface area contributed by atoms with Crippen molar-refractivity contribution in [3.8, 4) is 22.4 Å². The van der Waals surface area contributed by atoms with Crippen molar-refractivity contribution in [2.24, 2.45) is 17.8 Å². The fraction of sp³-hybridized carbons (Fsp3) is 0.154. The molecule has 1 aromatic carbocycles. The summed E-state index contributed by atoms with van der Waals surface area (Å²) in [7, 11) is 3.58. The Morgan fingerprint density at radius 2 is 2.09 bits per heavy atom. The lowest BCUT2D eigenvalue weighted by Crippen LogP contribution is -2.10. The molecule has 0 spiro atoms. The fourth-order valence-corrected chi connectivity index (χ4v) is 4.11. The number of aryl methyl sites for hydroxylation is 2. The third-order valence-corrected chi connectivity index (χ3v) is 5.80. The zero-order valence-corrected chi connectivity index (χ0v) is 19.7. The maximum Gasteiger partial charge on any atom is 0.247 e. The van der Waals surface area contributed by atoms with Gasteiger partial charge in [-0.25, -0.2) is 4.98 Å². The highest BCUT2D eigenvalue weighted by Gasteiger charge is 2.21. The van der Waals surface area contributed by atoms with Gasteiger partial charge in [0.1, 0.15) is 5.65 Å². The minimum Gasteiger partial charge on any atom is -0.404 e. The number of aliphatic imine (C=N–C) groups is 1. The molecule has 0 atom stereocenters. The van der Waals surface area contributed by atoms with Gasteiger partial charge < -0.3 is 16.0 Å². The first-order chi connectivity index (χ1) is 16.4. The second kappa shape index (κ2) is 9.19. The van der Waals surface area contributed by atoms with Crippen LogP contribution >= 0.6 is 0 Å². The molecule has 3 heterocycles.